The van der Waals surface area contributed by atoms with Gasteiger partial charge in [0.2, 0.25) is 0 Å². The van der Waals surface area contributed by atoms with Crippen molar-refractivity contribution in [2.75, 3.05) is 11.4 Å². The zero-order valence-electron chi connectivity index (χ0n) is 14.1. The maximum absolute atomic E-state index is 6.26. The first-order chi connectivity index (χ1) is 9.84. The van der Waals surface area contributed by atoms with Crippen LogP contribution in [0.15, 0.2) is 29.3 Å². The van der Waals surface area contributed by atoms with E-state index in [4.69, 9.17) is 5.73 Å². The van der Waals surface area contributed by atoms with E-state index >= 15 is 0 Å². The lowest BCUT2D eigenvalue weighted by atomic mass is 9.80. The normalized spacial score (nSPS) is 17.7. The number of guanidine groups is 1. The third-order valence-corrected chi connectivity index (χ3v) is 4.08. The van der Waals surface area contributed by atoms with Crippen molar-refractivity contribution in [3.8, 4) is 0 Å². The Labute approximate surface area is 129 Å². The lowest BCUT2D eigenvalue weighted by Gasteiger charge is -2.42. The molecule has 0 amide bonds. The molecular formula is C18H29N3. The van der Waals surface area contributed by atoms with Crippen LogP contribution in [0.25, 0.3) is 0 Å². The van der Waals surface area contributed by atoms with Crippen molar-refractivity contribution in [3.63, 3.8) is 0 Å². The van der Waals surface area contributed by atoms with Gasteiger partial charge in [0.25, 0.3) is 0 Å². The highest BCUT2D eigenvalue weighted by molar-refractivity contribution is 5.98. The molecule has 1 aromatic carbocycles. The molecule has 0 unspecified atom stereocenters. The van der Waals surface area contributed by atoms with Gasteiger partial charge in [-0.05, 0) is 49.3 Å². The molecule has 0 aliphatic carbocycles. The second kappa shape index (κ2) is 6.08. The summed E-state index contributed by atoms with van der Waals surface area (Å²) in [5.74, 6) is 1.91. The van der Waals surface area contributed by atoms with E-state index in [0.717, 1.165) is 19.4 Å². The van der Waals surface area contributed by atoms with Crippen molar-refractivity contribution >= 4 is 11.6 Å². The molecule has 0 atom stereocenters. The number of benzene rings is 1. The third-order valence-electron chi connectivity index (χ3n) is 4.08. The van der Waals surface area contributed by atoms with Gasteiger partial charge in [-0.25, -0.2) is 0 Å². The Kier molecular flexibility index (Phi) is 4.60. The number of nitrogens with zero attached hydrogens (tertiary/aromatic N) is 2. The van der Waals surface area contributed by atoms with E-state index in [9.17, 15) is 0 Å². The van der Waals surface area contributed by atoms with Gasteiger partial charge in [-0.15, -0.1) is 0 Å². The first kappa shape index (κ1) is 15.9. The van der Waals surface area contributed by atoms with E-state index in [2.05, 4.69) is 68.8 Å². The summed E-state index contributed by atoms with van der Waals surface area (Å²) in [5, 5.41) is 0. The largest absolute Gasteiger partial charge is 0.369 e. The predicted octanol–water partition coefficient (Wildman–Crippen LogP) is 3.96. The van der Waals surface area contributed by atoms with Crippen molar-refractivity contribution < 1.29 is 0 Å². The molecule has 0 spiro atoms. The van der Waals surface area contributed by atoms with Crippen molar-refractivity contribution in [1.82, 2.24) is 0 Å². The van der Waals surface area contributed by atoms with Crippen LogP contribution in [-0.2, 0) is 0 Å². The zero-order valence-corrected chi connectivity index (χ0v) is 14.1. The van der Waals surface area contributed by atoms with Crippen LogP contribution in [0.2, 0.25) is 0 Å². The minimum Gasteiger partial charge on any atom is -0.369 e. The van der Waals surface area contributed by atoms with Gasteiger partial charge >= 0.3 is 0 Å². The molecule has 2 rings (SSSR count). The van der Waals surface area contributed by atoms with Crippen molar-refractivity contribution in [1.29, 1.82) is 0 Å². The molecule has 116 valence electrons. The van der Waals surface area contributed by atoms with E-state index in [1.54, 1.807) is 0 Å². The van der Waals surface area contributed by atoms with Gasteiger partial charge in [-0.1, -0.05) is 39.8 Å². The fourth-order valence-electron chi connectivity index (χ4n) is 3.70. The van der Waals surface area contributed by atoms with Gasteiger partial charge in [0.1, 0.15) is 0 Å². The highest BCUT2D eigenvalue weighted by Gasteiger charge is 2.43. The first-order valence-corrected chi connectivity index (χ1v) is 8.01. The summed E-state index contributed by atoms with van der Waals surface area (Å²) in [5.41, 5.74) is 8.73. The highest BCUT2D eigenvalue weighted by atomic mass is 15.4. The number of aliphatic imine (C=N–C) groups is 1. The molecule has 0 saturated carbocycles. The summed E-state index contributed by atoms with van der Waals surface area (Å²) in [6.45, 7) is 12.1. The second-order valence-electron chi connectivity index (χ2n) is 7.27. The molecule has 0 fully saturated rings. The van der Waals surface area contributed by atoms with Gasteiger partial charge in [0.15, 0.2) is 5.96 Å². The Morgan fingerprint density at radius 3 is 2.33 bits per heavy atom. The number of hydrogen-bond donors (Lipinski definition) is 1. The number of nitrogens with two attached hydrogens (primary N) is 1. The molecule has 21 heavy (non-hydrogen) atoms. The Hall–Kier alpha value is -1.51. The minimum absolute atomic E-state index is 0.0280. The lowest BCUT2D eigenvalue weighted by Crippen LogP contribution is -2.53. The van der Waals surface area contributed by atoms with Crippen molar-refractivity contribution in [2.45, 2.75) is 53.0 Å². The third kappa shape index (κ3) is 3.39. The molecule has 3 nitrogen and oxygen atoms in total. The fourth-order valence-corrected chi connectivity index (χ4v) is 3.70. The summed E-state index contributed by atoms with van der Waals surface area (Å²) < 4.78 is 0. The van der Waals surface area contributed by atoms with Crippen LogP contribution in [0.5, 0.6) is 0 Å². The second-order valence-corrected chi connectivity index (χ2v) is 7.27. The molecule has 1 aliphatic heterocycles. The summed E-state index contributed by atoms with van der Waals surface area (Å²) in [6, 6.07) is 8.59. The van der Waals surface area contributed by atoms with Crippen molar-refractivity contribution in [3.05, 3.63) is 29.8 Å². The number of aryl methyl sites for hydroxylation is 1. The Morgan fingerprint density at radius 1 is 1.19 bits per heavy atom. The molecule has 0 radical (unpaired) electrons. The van der Waals surface area contributed by atoms with E-state index in [0.29, 0.717) is 17.8 Å². The zero-order chi connectivity index (χ0) is 15.6. The van der Waals surface area contributed by atoms with Crippen LogP contribution in [-0.4, -0.2) is 18.0 Å². The topological polar surface area (TPSA) is 41.6 Å². The number of rotatable bonds is 5. The quantitative estimate of drug-likeness (QED) is 0.890. The van der Waals surface area contributed by atoms with Gasteiger partial charge < -0.3 is 10.6 Å². The summed E-state index contributed by atoms with van der Waals surface area (Å²) >= 11 is 0. The van der Waals surface area contributed by atoms with Gasteiger partial charge in [0, 0.05) is 5.69 Å². The standard InChI is InChI=1S/C18H29N3/c1-13(2)10-18(11-14(3)4)12-20-17(19)21(18)16-8-6-7-15(5)9-16/h6-9,13-14H,10-12H2,1-5H3,(H2,19,20). The maximum atomic E-state index is 6.26. The van der Waals surface area contributed by atoms with Crippen LogP contribution >= 0.6 is 0 Å². The fraction of sp³-hybridized carbons (Fsp3) is 0.611. The molecule has 1 aromatic rings. The molecule has 0 bridgehead atoms. The summed E-state index contributed by atoms with van der Waals surface area (Å²) in [6.07, 6.45) is 2.23. The number of hydrogen-bond acceptors (Lipinski definition) is 3. The predicted molar refractivity (Wildman–Crippen MR) is 91.8 cm³/mol. The SMILES string of the molecule is Cc1cccc(N2C(N)=NCC2(CC(C)C)CC(C)C)c1. The first-order valence-electron chi connectivity index (χ1n) is 8.01. The van der Waals surface area contributed by atoms with E-state index in [-0.39, 0.29) is 5.54 Å². The van der Waals surface area contributed by atoms with Gasteiger partial charge in [0.05, 0.1) is 12.1 Å². The Balaban J connectivity index is 2.43. The van der Waals surface area contributed by atoms with Crippen LogP contribution in [0.3, 0.4) is 0 Å². The maximum Gasteiger partial charge on any atom is 0.196 e. The molecule has 1 heterocycles. The van der Waals surface area contributed by atoms with E-state index in [1.165, 1.54) is 11.3 Å². The van der Waals surface area contributed by atoms with Crippen molar-refractivity contribution in [2.24, 2.45) is 22.6 Å². The summed E-state index contributed by atoms with van der Waals surface area (Å²) in [4.78, 5) is 6.90. The van der Waals surface area contributed by atoms with E-state index in [1.807, 2.05) is 0 Å². The van der Waals surface area contributed by atoms with Gasteiger partial charge in [-0.2, -0.15) is 0 Å². The van der Waals surface area contributed by atoms with Crippen LogP contribution in [0.1, 0.15) is 46.1 Å². The molecule has 3 heteroatoms. The molecular weight excluding hydrogens is 258 g/mol. The summed E-state index contributed by atoms with van der Waals surface area (Å²) in [7, 11) is 0. The monoisotopic (exact) mass is 287 g/mol. The van der Waals surface area contributed by atoms with Gasteiger partial charge in [-0.3, -0.25) is 4.99 Å². The Morgan fingerprint density at radius 2 is 1.81 bits per heavy atom. The van der Waals surface area contributed by atoms with E-state index < -0.39 is 0 Å². The molecule has 2 N–H and O–H groups in total. The molecule has 0 aromatic heterocycles. The highest BCUT2D eigenvalue weighted by Crippen LogP contribution is 2.38. The number of anilines is 1. The average molecular weight is 287 g/mol. The van der Waals surface area contributed by atoms with Crippen LogP contribution in [0, 0.1) is 18.8 Å². The molecule has 0 saturated heterocycles. The van der Waals surface area contributed by atoms with Crippen LogP contribution < -0.4 is 10.6 Å². The smallest absolute Gasteiger partial charge is 0.196 e. The lowest BCUT2D eigenvalue weighted by molar-refractivity contribution is 0.304. The average Bonchev–Trinajstić information content (AvgIpc) is 2.64. The van der Waals surface area contributed by atoms with Crippen LogP contribution in [0.4, 0.5) is 5.69 Å². The Bertz CT molecular complexity index is 507. The molecule has 1 aliphatic rings. The minimum atomic E-state index is 0.0280.